The first-order valence-corrected chi connectivity index (χ1v) is 6.73. The average Bonchev–Trinajstić information content (AvgIpc) is 2.29. The van der Waals surface area contributed by atoms with Crippen molar-refractivity contribution < 1.29 is 0 Å². The van der Waals surface area contributed by atoms with Crippen LogP contribution >= 0.6 is 0 Å². The molecule has 2 rings (SSSR count). The average molecular weight is 232 g/mol. The maximum atomic E-state index is 6.78. The zero-order valence-corrected chi connectivity index (χ0v) is 11.2. The number of aromatic nitrogens is 1. The SMILES string of the molecule is CC1CCC(C(C)C)C(N)(c2cccnc2)C1. The van der Waals surface area contributed by atoms with E-state index >= 15 is 0 Å². The normalized spacial score (nSPS) is 33.9. The molecule has 0 spiro atoms. The van der Waals surface area contributed by atoms with Crippen LogP contribution in [0.3, 0.4) is 0 Å². The third-order valence-electron chi connectivity index (χ3n) is 4.32. The number of hydrogen-bond donors (Lipinski definition) is 1. The number of nitrogens with zero attached hydrogens (tertiary/aromatic N) is 1. The van der Waals surface area contributed by atoms with Crippen molar-refractivity contribution in [2.45, 2.75) is 45.6 Å². The van der Waals surface area contributed by atoms with Gasteiger partial charge < -0.3 is 5.73 Å². The molecule has 1 aromatic heterocycles. The summed E-state index contributed by atoms with van der Waals surface area (Å²) in [6, 6.07) is 4.14. The molecule has 0 bridgehead atoms. The third kappa shape index (κ3) is 2.37. The van der Waals surface area contributed by atoms with E-state index in [1.807, 2.05) is 18.5 Å². The van der Waals surface area contributed by atoms with Crippen molar-refractivity contribution in [3.63, 3.8) is 0 Å². The second kappa shape index (κ2) is 4.77. The van der Waals surface area contributed by atoms with Gasteiger partial charge in [0.1, 0.15) is 0 Å². The molecule has 1 aliphatic rings. The summed E-state index contributed by atoms with van der Waals surface area (Å²) in [7, 11) is 0. The van der Waals surface area contributed by atoms with E-state index < -0.39 is 0 Å². The summed E-state index contributed by atoms with van der Waals surface area (Å²) >= 11 is 0. The van der Waals surface area contributed by atoms with E-state index in [0.717, 1.165) is 12.3 Å². The molecule has 1 saturated carbocycles. The van der Waals surface area contributed by atoms with Crippen LogP contribution in [0, 0.1) is 17.8 Å². The van der Waals surface area contributed by atoms with Gasteiger partial charge >= 0.3 is 0 Å². The number of pyridine rings is 1. The monoisotopic (exact) mass is 232 g/mol. The molecule has 3 atom stereocenters. The molecule has 2 N–H and O–H groups in total. The lowest BCUT2D eigenvalue weighted by atomic mass is 9.63. The van der Waals surface area contributed by atoms with Crippen LogP contribution in [0.1, 0.15) is 45.6 Å². The van der Waals surface area contributed by atoms with Gasteiger partial charge in [0.2, 0.25) is 0 Å². The first-order chi connectivity index (χ1) is 8.04. The zero-order valence-electron chi connectivity index (χ0n) is 11.2. The zero-order chi connectivity index (χ0) is 12.5. The Balaban J connectivity index is 2.36. The fourth-order valence-electron chi connectivity index (χ4n) is 3.45. The fraction of sp³-hybridized carbons (Fsp3) is 0.667. The van der Waals surface area contributed by atoms with E-state index in [2.05, 4.69) is 31.8 Å². The van der Waals surface area contributed by atoms with Gasteiger partial charge in [-0.1, -0.05) is 33.3 Å². The summed E-state index contributed by atoms with van der Waals surface area (Å²) in [6.07, 6.45) is 7.41. The lowest BCUT2D eigenvalue weighted by molar-refractivity contribution is 0.108. The molecule has 2 heteroatoms. The predicted octanol–water partition coefficient (Wildman–Crippen LogP) is 3.33. The molecule has 3 unspecified atom stereocenters. The van der Waals surface area contributed by atoms with Gasteiger partial charge in [-0.25, -0.2) is 0 Å². The summed E-state index contributed by atoms with van der Waals surface area (Å²) in [5.41, 5.74) is 7.81. The molecule has 0 saturated heterocycles. The highest BCUT2D eigenvalue weighted by Crippen LogP contribution is 2.45. The maximum absolute atomic E-state index is 6.78. The Labute approximate surface area is 105 Å². The van der Waals surface area contributed by atoms with Crippen molar-refractivity contribution in [2.24, 2.45) is 23.5 Å². The van der Waals surface area contributed by atoms with E-state index in [1.54, 1.807) is 0 Å². The van der Waals surface area contributed by atoms with E-state index in [-0.39, 0.29) is 5.54 Å². The molecule has 94 valence electrons. The smallest absolute Gasteiger partial charge is 0.0458 e. The van der Waals surface area contributed by atoms with Crippen LogP contribution in [0.2, 0.25) is 0 Å². The van der Waals surface area contributed by atoms with Crippen LogP contribution in [0.5, 0.6) is 0 Å². The number of hydrogen-bond acceptors (Lipinski definition) is 2. The van der Waals surface area contributed by atoms with Crippen molar-refractivity contribution in [2.75, 3.05) is 0 Å². The van der Waals surface area contributed by atoms with Gasteiger partial charge in [0.05, 0.1) is 0 Å². The van der Waals surface area contributed by atoms with Crippen molar-refractivity contribution in [3.8, 4) is 0 Å². The second-order valence-electron chi connectivity index (χ2n) is 6.02. The van der Waals surface area contributed by atoms with Crippen LogP contribution in [-0.2, 0) is 5.54 Å². The Kier molecular flexibility index (Phi) is 3.53. The lowest BCUT2D eigenvalue weighted by Gasteiger charge is -2.46. The molecule has 0 radical (unpaired) electrons. The molecular formula is C15H24N2. The van der Waals surface area contributed by atoms with Gasteiger partial charge in [0.25, 0.3) is 0 Å². The predicted molar refractivity (Wildman–Crippen MR) is 71.4 cm³/mol. The molecular weight excluding hydrogens is 208 g/mol. The minimum atomic E-state index is -0.180. The topological polar surface area (TPSA) is 38.9 Å². The Hall–Kier alpha value is -0.890. The standard InChI is InChI=1S/C15H24N2/c1-11(2)14-7-6-12(3)9-15(14,16)13-5-4-8-17-10-13/h4-5,8,10-12,14H,6-7,9,16H2,1-3H3. The Morgan fingerprint density at radius 1 is 1.41 bits per heavy atom. The van der Waals surface area contributed by atoms with Crippen molar-refractivity contribution in [3.05, 3.63) is 30.1 Å². The molecule has 0 aromatic carbocycles. The maximum Gasteiger partial charge on any atom is 0.0458 e. The van der Waals surface area contributed by atoms with Gasteiger partial charge in [-0.05, 0) is 42.2 Å². The van der Waals surface area contributed by atoms with Crippen LogP contribution in [0.25, 0.3) is 0 Å². The summed E-state index contributed by atoms with van der Waals surface area (Å²) in [4.78, 5) is 4.24. The molecule has 0 amide bonds. The highest BCUT2D eigenvalue weighted by Gasteiger charge is 2.42. The van der Waals surface area contributed by atoms with Gasteiger partial charge in [0.15, 0.2) is 0 Å². The Bertz CT molecular complexity index is 360. The lowest BCUT2D eigenvalue weighted by Crippen LogP contribution is -2.50. The number of rotatable bonds is 2. The Morgan fingerprint density at radius 3 is 2.76 bits per heavy atom. The fourth-order valence-corrected chi connectivity index (χ4v) is 3.45. The number of nitrogens with two attached hydrogens (primary N) is 1. The largest absolute Gasteiger partial charge is 0.321 e. The molecule has 0 aliphatic heterocycles. The van der Waals surface area contributed by atoms with E-state index in [9.17, 15) is 0 Å². The molecule has 2 nitrogen and oxygen atoms in total. The van der Waals surface area contributed by atoms with Gasteiger partial charge in [0, 0.05) is 17.9 Å². The molecule has 17 heavy (non-hydrogen) atoms. The van der Waals surface area contributed by atoms with Crippen LogP contribution in [0.15, 0.2) is 24.5 Å². The van der Waals surface area contributed by atoms with Crippen LogP contribution in [-0.4, -0.2) is 4.98 Å². The third-order valence-corrected chi connectivity index (χ3v) is 4.32. The first-order valence-electron chi connectivity index (χ1n) is 6.73. The molecule has 1 aromatic rings. The van der Waals surface area contributed by atoms with Crippen molar-refractivity contribution in [1.29, 1.82) is 0 Å². The summed E-state index contributed by atoms with van der Waals surface area (Å²) in [6.45, 7) is 6.89. The molecule has 1 aliphatic carbocycles. The van der Waals surface area contributed by atoms with Crippen LogP contribution in [0.4, 0.5) is 0 Å². The summed E-state index contributed by atoms with van der Waals surface area (Å²) < 4.78 is 0. The highest BCUT2D eigenvalue weighted by molar-refractivity contribution is 5.23. The minimum absolute atomic E-state index is 0.180. The minimum Gasteiger partial charge on any atom is -0.321 e. The van der Waals surface area contributed by atoms with E-state index in [1.165, 1.54) is 18.4 Å². The molecule has 1 heterocycles. The van der Waals surface area contributed by atoms with Crippen molar-refractivity contribution >= 4 is 0 Å². The first kappa shape index (κ1) is 12.6. The second-order valence-corrected chi connectivity index (χ2v) is 6.02. The van der Waals surface area contributed by atoms with Gasteiger partial charge in [-0.15, -0.1) is 0 Å². The highest BCUT2D eigenvalue weighted by atomic mass is 14.8. The van der Waals surface area contributed by atoms with Crippen LogP contribution < -0.4 is 5.73 Å². The van der Waals surface area contributed by atoms with Gasteiger partial charge in [-0.3, -0.25) is 4.98 Å². The Morgan fingerprint density at radius 2 is 2.18 bits per heavy atom. The van der Waals surface area contributed by atoms with Gasteiger partial charge in [-0.2, -0.15) is 0 Å². The van der Waals surface area contributed by atoms with E-state index in [0.29, 0.717) is 11.8 Å². The van der Waals surface area contributed by atoms with E-state index in [4.69, 9.17) is 5.73 Å². The summed E-state index contributed by atoms with van der Waals surface area (Å²) in [5.74, 6) is 1.92. The summed E-state index contributed by atoms with van der Waals surface area (Å²) in [5, 5.41) is 0. The van der Waals surface area contributed by atoms with Crippen molar-refractivity contribution in [1.82, 2.24) is 4.98 Å². The molecule has 1 fully saturated rings. The quantitative estimate of drug-likeness (QED) is 0.849.